The minimum absolute atomic E-state index is 0.274. The second-order valence-electron chi connectivity index (χ2n) is 9.47. The van der Waals surface area contributed by atoms with Gasteiger partial charge in [0.05, 0.1) is 19.2 Å². The summed E-state index contributed by atoms with van der Waals surface area (Å²) >= 11 is 1.33. The Morgan fingerprint density at radius 1 is 0.976 bits per heavy atom. The Labute approximate surface area is 247 Å². The number of carbonyl (C=O) groups is 2. The van der Waals surface area contributed by atoms with Crippen molar-refractivity contribution in [2.45, 2.75) is 43.1 Å². The molecule has 0 aliphatic rings. The maximum atomic E-state index is 13.1. The van der Waals surface area contributed by atoms with E-state index >= 15 is 0 Å². The number of rotatable bonds is 12. The number of aromatic nitrogens is 7. The zero-order chi connectivity index (χ0) is 29.3. The fourth-order valence-corrected chi connectivity index (χ4v) is 5.49. The van der Waals surface area contributed by atoms with E-state index in [4.69, 9.17) is 4.74 Å². The molecule has 214 valence electrons. The van der Waals surface area contributed by atoms with E-state index in [9.17, 15) is 9.59 Å². The normalized spacial score (nSPS) is 11.7. The zero-order valence-electron chi connectivity index (χ0n) is 23.2. The van der Waals surface area contributed by atoms with Gasteiger partial charge in [-0.1, -0.05) is 85.8 Å². The van der Waals surface area contributed by atoms with Gasteiger partial charge in [0.25, 0.3) is 5.91 Å². The molecule has 2 heterocycles. The molecular formula is C30H30N8O3S. The van der Waals surface area contributed by atoms with Gasteiger partial charge in [-0.15, -0.1) is 15.3 Å². The van der Waals surface area contributed by atoms with Crippen LogP contribution in [0.2, 0.25) is 0 Å². The molecule has 0 fully saturated rings. The number of esters is 1. The molecule has 12 heteroatoms. The smallest absolute Gasteiger partial charge is 0.323 e. The monoisotopic (exact) mass is 582 g/mol. The Morgan fingerprint density at radius 2 is 1.74 bits per heavy atom. The lowest BCUT2D eigenvalue weighted by atomic mass is 10.1. The van der Waals surface area contributed by atoms with Crippen molar-refractivity contribution in [1.29, 1.82) is 0 Å². The Kier molecular flexibility index (Phi) is 9.34. The fraction of sp³-hybridized carbons (Fsp3) is 0.233. The number of hydrogen-bond donors (Lipinski definition) is 2. The van der Waals surface area contributed by atoms with E-state index in [-0.39, 0.29) is 11.9 Å². The summed E-state index contributed by atoms with van der Waals surface area (Å²) in [5.41, 5.74) is 3.53. The highest BCUT2D eigenvalue weighted by atomic mass is 32.2. The molecule has 1 unspecified atom stereocenters. The first-order chi connectivity index (χ1) is 20.6. The van der Waals surface area contributed by atoms with Gasteiger partial charge in [0.1, 0.15) is 11.1 Å². The highest BCUT2D eigenvalue weighted by Crippen LogP contribution is 2.36. The van der Waals surface area contributed by atoms with Gasteiger partial charge in [0.2, 0.25) is 0 Å². The molecular weight excluding hydrogens is 552 g/mol. The topological polar surface area (TPSA) is 141 Å². The van der Waals surface area contributed by atoms with Crippen LogP contribution in [0, 0.1) is 0 Å². The van der Waals surface area contributed by atoms with E-state index in [2.05, 4.69) is 47.6 Å². The number of amides is 1. The first-order valence-electron chi connectivity index (χ1n) is 13.5. The molecule has 1 amide bonds. The van der Waals surface area contributed by atoms with Gasteiger partial charge in [-0.3, -0.25) is 9.59 Å². The average Bonchev–Trinajstić information content (AvgIpc) is 3.70. The SMILES string of the molecule is CCCCc1nnc(SC(C(=O)OC)c2ccccc2)n1Cc1ccc(NC(=O)c2ccccc2-c2nnn[nH]2)cc1. The summed E-state index contributed by atoms with van der Waals surface area (Å²) in [7, 11) is 1.39. The number of nitrogens with zero attached hydrogens (tertiary/aromatic N) is 6. The number of benzene rings is 3. The molecule has 2 aromatic heterocycles. The van der Waals surface area contributed by atoms with E-state index in [1.807, 2.05) is 60.7 Å². The van der Waals surface area contributed by atoms with Gasteiger partial charge in [0.15, 0.2) is 11.0 Å². The minimum atomic E-state index is -0.577. The predicted molar refractivity (Wildman–Crippen MR) is 159 cm³/mol. The summed E-state index contributed by atoms with van der Waals surface area (Å²) in [4.78, 5) is 25.8. The van der Waals surface area contributed by atoms with Crippen molar-refractivity contribution in [2.24, 2.45) is 0 Å². The van der Waals surface area contributed by atoms with Gasteiger partial charge in [0, 0.05) is 17.7 Å². The molecule has 0 aliphatic carbocycles. The van der Waals surface area contributed by atoms with Crippen LogP contribution in [0.1, 0.15) is 52.3 Å². The first kappa shape index (κ1) is 28.7. The lowest BCUT2D eigenvalue weighted by molar-refractivity contribution is -0.140. The van der Waals surface area contributed by atoms with Gasteiger partial charge in [-0.25, -0.2) is 5.10 Å². The van der Waals surface area contributed by atoms with Crippen molar-refractivity contribution in [2.75, 3.05) is 12.4 Å². The van der Waals surface area contributed by atoms with Crippen LogP contribution in [-0.2, 0) is 22.5 Å². The van der Waals surface area contributed by atoms with Crippen molar-refractivity contribution in [3.63, 3.8) is 0 Å². The number of aryl methyl sites for hydroxylation is 1. The maximum absolute atomic E-state index is 13.1. The molecule has 5 aromatic rings. The molecule has 5 rings (SSSR count). The number of unbranched alkanes of at least 4 members (excludes halogenated alkanes) is 1. The molecule has 3 aromatic carbocycles. The lowest BCUT2D eigenvalue weighted by Gasteiger charge is -2.16. The predicted octanol–water partition coefficient (Wildman–Crippen LogP) is 5.11. The number of nitrogens with one attached hydrogen (secondary N) is 2. The molecule has 0 radical (unpaired) electrons. The number of H-pyrrole nitrogens is 1. The number of thioether (sulfide) groups is 1. The Hall–Kier alpha value is -4.84. The second-order valence-corrected chi connectivity index (χ2v) is 10.5. The largest absolute Gasteiger partial charge is 0.468 e. The fourth-order valence-electron chi connectivity index (χ4n) is 4.41. The molecule has 0 saturated heterocycles. The van der Waals surface area contributed by atoms with Crippen molar-refractivity contribution in [1.82, 2.24) is 35.4 Å². The van der Waals surface area contributed by atoms with Gasteiger partial charge >= 0.3 is 5.97 Å². The summed E-state index contributed by atoms with van der Waals surface area (Å²) < 4.78 is 7.16. The summed E-state index contributed by atoms with van der Waals surface area (Å²) in [6, 6.07) is 24.3. The van der Waals surface area contributed by atoms with Crippen molar-refractivity contribution in [3.05, 3.63) is 101 Å². The van der Waals surface area contributed by atoms with Gasteiger partial charge < -0.3 is 14.6 Å². The van der Waals surface area contributed by atoms with Gasteiger partial charge in [-0.05, 0) is 46.2 Å². The molecule has 11 nitrogen and oxygen atoms in total. The number of methoxy groups -OCH3 is 1. The minimum Gasteiger partial charge on any atom is -0.468 e. The number of carbonyl (C=O) groups excluding carboxylic acids is 2. The summed E-state index contributed by atoms with van der Waals surface area (Å²) in [6.45, 7) is 2.64. The Balaban J connectivity index is 1.35. The van der Waals surface area contributed by atoms with Crippen LogP contribution in [0.25, 0.3) is 11.4 Å². The van der Waals surface area contributed by atoms with Crippen LogP contribution >= 0.6 is 11.8 Å². The standard InChI is InChI=1S/C30H30N8O3S/c1-3-4-14-25-32-35-30(42-26(29(40)41-2)21-10-6-5-7-11-21)38(25)19-20-15-17-22(18-16-20)31-28(39)24-13-9-8-12-23(24)27-33-36-37-34-27/h5-13,15-18,26H,3-4,14,19H2,1-2H3,(H,31,39)(H,33,34,36,37). The van der Waals surface area contributed by atoms with Crippen molar-refractivity contribution >= 4 is 29.3 Å². The highest BCUT2D eigenvalue weighted by molar-refractivity contribution is 8.00. The number of ether oxygens (including phenoxy) is 1. The van der Waals surface area contributed by atoms with E-state index in [0.29, 0.717) is 34.3 Å². The van der Waals surface area contributed by atoms with Crippen LogP contribution in [0.3, 0.4) is 0 Å². The van der Waals surface area contributed by atoms with E-state index in [1.165, 1.54) is 18.9 Å². The molecule has 1 atom stereocenters. The number of anilines is 1. The van der Waals surface area contributed by atoms with E-state index < -0.39 is 5.25 Å². The molecule has 0 saturated carbocycles. The van der Waals surface area contributed by atoms with Crippen molar-refractivity contribution in [3.8, 4) is 11.4 Å². The Morgan fingerprint density at radius 3 is 2.45 bits per heavy atom. The third-order valence-corrected chi connectivity index (χ3v) is 7.83. The molecule has 42 heavy (non-hydrogen) atoms. The first-order valence-corrected chi connectivity index (χ1v) is 14.4. The molecule has 0 spiro atoms. The number of hydrogen-bond acceptors (Lipinski definition) is 9. The van der Waals surface area contributed by atoms with Crippen LogP contribution in [-0.4, -0.2) is 54.4 Å². The number of tetrazole rings is 1. The summed E-state index contributed by atoms with van der Waals surface area (Å²) in [5.74, 6) is 0.646. The highest BCUT2D eigenvalue weighted by Gasteiger charge is 2.26. The van der Waals surface area contributed by atoms with Gasteiger partial charge in [-0.2, -0.15) is 0 Å². The molecule has 0 aliphatic heterocycles. The average molecular weight is 583 g/mol. The quantitative estimate of drug-likeness (QED) is 0.152. The van der Waals surface area contributed by atoms with Crippen LogP contribution < -0.4 is 5.32 Å². The molecule has 2 N–H and O–H groups in total. The van der Waals surface area contributed by atoms with E-state index in [0.717, 1.165) is 36.2 Å². The maximum Gasteiger partial charge on any atom is 0.323 e. The molecule has 0 bridgehead atoms. The lowest BCUT2D eigenvalue weighted by Crippen LogP contribution is -2.14. The van der Waals surface area contributed by atoms with Crippen LogP contribution in [0.4, 0.5) is 5.69 Å². The van der Waals surface area contributed by atoms with Crippen LogP contribution in [0.5, 0.6) is 0 Å². The summed E-state index contributed by atoms with van der Waals surface area (Å²) in [6.07, 6.45) is 2.76. The third-order valence-electron chi connectivity index (χ3n) is 6.61. The second kappa shape index (κ2) is 13.7. The zero-order valence-corrected chi connectivity index (χ0v) is 24.0. The third kappa shape index (κ3) is 6.72. The Bertz CT molecular complexity index is 1620. The van der Waals surface area contributed by atoms with Crippen LogP contribution in [0.15, 0.2) is 84.0 Å². The van der Waals surface area contributed by atoms with E-state index in [1.54, 1.807) is 18.2 Å². The number of aromatic amines is 1. The summed E-state index contributed by atoms with van der Waals surface area (Å²) in [5, 5.41) is 25.8. The van der Waals surface area contributed by atoms with Crippen molar-refractivity contribution < 1.29 is 14.3 Å².